The summed E-state index contributed by atoms with van der Waals surface area (Å²) in [6.45, 7) is 0.305. The Kier molecular flexibility index (Phi) is 4.96. The van der Waals surface area contributed by atoms with Crippen molar-refractivity contribution < 1.29 is 4.79 Å². The molecule has 0 atom stereocenters. The SMILES string of the molecule is O=C1/C(=c2\sc3nc(-c4cccc5ccccc45)nn3c2=O)c2ccccc2N1Cc1ccccc1Cl. The van der Waals surface area contributed by atoms with Crippen molar-refractivity contribution in [3.63, 3.8) is 0 Å². The molecule has 0 fully saturated rings. The van der Waals surface area contributed by atoms with Gasteiger partial charge in [-0.05, 0) is 28.5 Å². The lowest BCUT2D eigenvalue weighted by Crippen LogP contribution is -2.32. The van der Waals surface area contributed by atoms with Crippen molar-refractivity contribution in [3.8, 4) is 11.4 Å². The number of hydrogen-bond donors (Lipinski definition) is 0. The summed E-state index contributed by atoms with van der Waals surface area (Å²) in [6.07, 6.45) is 0. The molecule has 6 aromatic rings. The summed E-state index contributed by atoms with van der Waals surface area (Å²) in [5, 5.41) is 7.23. The van der Waals surface area contributed by atoms with Gasteiger partial charge >= 0.3 is 0 Å². The number of benzene rings is 4. The molecule has 8 heteroatoms. The van der Waals surface area contributed by atoms with Gasteiger partial charge in [-0.15, -0.1) is 5.10 Å². The smallest absolute Gasteiger partial charge is 0.291 e. The van der Waals surface area contributed by atoms with Crippen LogP contribution in [0.2, 0.25) is 5.02 Å². The van der Waals surface area contributed by atoms with Crippen LogP contribution in [0.3, 0.4) is 0 Å². The number of para-hydroxylation sites is 1. The zero-order valence-electron chi connectivity index (χ0n) is 19.3. The van der Waals surface area contributed by atoms with Gasteiger partial charge in [0.05, 0.1) is 17.8 Å². The van der Waals surface area contributed by atoms with E-state index in [1.807, 2.05) is 84.9 Å². The number of carbonyl (C=O) groups excluding carboxylic acids is 1. The molecule has 7 rings (SSSR count). The minimum absolute atomic E-state index is 0.239. The fourth-order valence-corrected chi connectivity index (χ4v) is 6.07. The van der Waals surface area contributed by atoms with Gasteiger partial charge in [0, 0.05) is 16.1 Å². The normalized spacial score (nSPS) is 14.6. The van der Waals surface area contributed by atoms with Gasteiger partial charge in [-0.25, -0.2) is 0 Å². The highest BCUT2D eigenvalue weighted by Gasteiger charge is 2.34. The first-order chi connectivity index (χ1) is 18.1. The number of anilines is 1. The molecule has 0 radical (unpaired) electrons. The molecule has 0 unspecified atom stereocenters. The van der Waals surface area contributed by atoms with Crippen LogP contribution in [0.1, 0.15) is 11.1 Å². The topological polar surface area (TPSA) is 67.6 Å². The largest absolute Gasteiger partial charge is 0.303 e. The summed E-state index contributed by atoms with van der Waals surface area (Å²) >= 11 is 7.57. The summed E-state index contributed by atoms with van der Waals surface area (Å²) in [7, 11) is 0. The third-order valence-electron chi connectivity index (χ3n) is 6.62. The van der Waals surface area contributed by atoms with Crippen LogP contribution < -0.4 is 15.0 Å². The van der Waals surface area contributed by atoms with E-state index in [0.717, 1.165) is 33.2 Å². The van der Waals surface area contributed by atoms with Gasteiger partial charge in [0.2, 0.25) is 4.96 Å². The summed E-state index contributed by atoms with van der Waals surface area (Å²) in [5.41, 5.74) is 3.18. The predicted octanol–water partition coefficient (Wildman–Crippen LogP) is 5.09. The first-order valence-corrected chi connectivity index (χ1v) is 12.9. The molecule has 1 aliphatic rings. The Bertz CT molecular complexity index is 1990. The van der Waals surface area contributed by atoms with Crippen LogP contribution in [0.5, 0.6) is 0 Å². The molecule has 6 nitrogen and oxygen atoms in total. The van der Waals surface area contributed by atoms with Gasteiger partial charge in [-0.3, -0.25) is 9.59 Å². The van der Waals surface area contributed by atoms with E-state index in [2.05, 4.69) is 10.1 Å². The molecule has 0 saturated carbocycles. The number of nitrogens with zero attached hydrogens (tertiary/aromatic N) is 4. The van der Waals surface area contributed by atoms with E-state index in [-0.39, 0.29) is 11.5 Å². The summed E-state index contributed by atoms with van der Waals surface area (Å²) in [4.78, 5) is 34.1. The van der Waals surface area contributed by atoms with E-state index in [0.29, 0.717) is 32.5 Å². The lowest BCUT2D eigenvalue weighted by atomic mass is 10.0. The van der Waals surface area contributed by atoms with Gasteiger partial charge in [0.25, 0.3) is 11.5 Å². The van der Waals surface area contributed by atoms with Crippen molar-refractivity contribution in [2.45, 2.75) is 6.54 Å². The van der Waals surface area contributed by atoms with Crippen molar-refractivity contribution in [2.75, 3.05) is 4.90 Å². The van der Waals surface area contributed by atoms with Crippen LogP contribution >= 0.6 is 22.9 Å². The zero-order valence-corrected chi connectivity index (χ0v) is 20.8. The maximum Gasteiger partial charge on any atom is 0.291 e. The van der Waals surface area contributed by atoms with E-state index < -0.39 is 0 Å². The summed E-state index contributed by atoms with van der Waals surface area (Å²) < 4.78 is 1.63. The molecule has 0 N–H and O–H groups in total. The van der Waals surface area contributed by atoms with E-state index in [1.165, 1.54) is 15.9 Å². The molecule has 2 aromatic heterocycles. The Morgan fingerprint density at radius 3 is 2.41 bits per heavy atom. The second-order valence-corrected chi connectivity index (χ2v) is 10.2. The molecule has 37 heavy (non-hydrogen) atoms. The second-order valence-electron chi connectivity index (χ2n) is 8.77. The average molecular weight is 521 g/mol. The standard InChI is InChI=1S/C29H17ClN4O2S/c30-22-14-5-2-9-18(22)16-33-23-15-6-4-12-21(23)24(27(33)35)25-28(36)34-29(37-25)31-26(32-34)20-13-7-10-17-8-1-3-11-19(17)20/h1-15H,16H2/b25-24-. The lowest BCUT2D eigenvalue weighted by Gasteiger charge is -2.17. The van der Waals surface area contributed by atoms with Gasteiger partial charge in [-0.1, -0.05) is 102 Å². The van der Waals surface area contributed by atoms with Crippen molar-refractivity contribution in [3.05, 3.63) is 122 Å². The van der Waals surface area contributed by atoms with Crippen molar-refractivity contribution in [1.82, 2.24) is 14.6 Å². The van der Waals surface area contributed by atoms with Crippen molar-refractivity contribution in [2.24, 2.45) is 0 Å². The van der Waals surface area contributed by atoms with Crippen LogP contribution in [-0.2, 0) is 11.3 Å². The first-order valence-electron chi connectivity index (χ1n) is 11.7. The van der Waals surface area contributed by atoms with E-state index in [4.69, 9.17) is 11.6 Å². The molecule has 3 heterocycles. The Hall–Kier alpha value is -4.33. The van der Waals surface area contributed by atoms with Crippen LogP contribution in [0.25, 0.3) is 32.7 Å². The van der Waals surface area contributed by atoms with Gasteiger partial charge < -0.3 is 4.90 Å². The minimum Gasteiger partial charge on any atom is -0.303 e. The average Bonchev–Trinajstić information content (AvgIpc) is 3.55. The van der Waals surface area contributed by atoms with E-state index >= 15 is 0 Å². The quantitative estimate of drug-likeness (QED) is 0.326. The van der Waals surface area contributed by atoms with Gasteiger partial charge in [0.15, 0.2) is 5.82 Å². The number of amides is 1. The Balaban J connectivity index is 1.39. The molecule has 0 aliphatic carbocycles. The number of fused-ring (bicyclic) bond motifs is 3. The Morgan fingerprint density at radius 1 is 0.811 bits per heavy atom. The number of aromatic nitrogens is 3. The predicted molar refractivity (Wildman–Crippen MR) is 147 cm³/mol. The van der Waals surface area contributed by atoms with Gasteiger partial charge in [0.1, 0.15) is 4.53 Å². The van der Waals surface area contributed by atoms with Crippen molar-refractivity contribution >= 4 is 55.8 Å². The Labute approximate surface area is 219 Å². The van der Waals surface area contributed by atoms with Crippen LogP contribution in [0, 0.1) is 0 Å². The number of hydrogen-bond acceptors (Lipinski definition) is 5. The molecule has 0 bridgehead atoms. The maximum atomic E-state index is 13.7. The minimum atomic E-state index is -0.350. The molecule has 178 valence electrons. The monoisotopic (exact) mass is 520 g/mol. The van der Waals surface area contributed by atoms with E-state index in [9.17, 15) is 9.59 Å². The second kappa shape index (κ2) is 8.37. The fraction of sp³-hybridized carbons (Fsp3) is 0.0345. The van der Waals surface area contributed by atoms with Gasteiger partial charge in [-0.2, -0.15) is 9.50 Å². The molecule has 4 aromatic carbocycles. The first kappa shape index (κ1) is 21.9. The zero-order chi connectivity index (χ0) is 25.1. The number of halogens is 1. The molecule has 0 saturated heterocycles. The summed E-state index contributed by atoms with van der Waals surface area (Å²) in [6, 6.07) is 28.9. The lowest BCUT2D eigenvalue weighted by molar-refractivity contribution is -0.113. The number of rotatable bonds is 3. The van der Waals surface area contributed by atoms with Crippen LogP contribution in [0.15, 0.2) is 95.8 Å². The maximum absolute atomic E-state index is 13.7. The molecule has 1 amide bonds. The van der Waals surface area contributed by atoms with Crippen molar-refractivity contribution in [1.29, 1.82) is 0 Å². The fourth-order valence-electron chi connectivity index (χ4n) is 4.87. The molecular formula is C29H17ClN4O2S. The third-order valence-corrected chi connectivity index (χ3v) is 8.02. The third kappa shape index (κ3) is 3.39. The molecular weight excluding hydrogens is 504 g/mol. The highest BCUT2D eigenvalue weighted by atomic mass is 35.5. The highest BCUT2D eigenvalue weighted by Crippen LogP contribution is 2.37. The number of carbonyl (C=O) groups is 1. The van der Waals surface area contributed by atoms with Crippen LogP contribution in [-0.4, -0.2) is 20.5 Å². The molecule has 0 spiro atoms. The van der Waals surface area contributed by atoms with Crippen LogP contribution in [0.4, 0.5) is 5.69 Å². The highest BCUT2D eigenvalue weighted by molar-refractivity contribution is 7.15. The summed E-state index contributed by atoms with van der Waals surface area (Å²) in [5.74, 6) is 0.243. The Morgan fingerprint density at radius 2 is 1.54 bits per heavy atom. The number of thiazole rings is 1. The molecule has 1 aliphatic heterocycles. The van der Waals surface area contributed by atoms with E-state index in [1.54, 1.807) is 11.0 Å².